The molecular weight excluding hydrogens is 510 g/mol. The van der Waals surface area contributed by atoms with Crippen LogP contribution in [0.25, 0.3) is 0 Å². The van der Waals surface area contributed by atoms with Crippen LogP contribution in [0.5, 0.6) is 0 Å². The third-order valence-corrected chi connectivity index (χ3v) is 8.14. The van der Waals surface area contributed by atoms with E-state index in [1.54, 1.807) is 0 Å². The fourth-order valence-electron chi connectivity index (χ4n) is 4.11. The summed E-state index contributed by atoms with van der Waals surface area (Å²) in [6.07, 6.45) is 2.48. The molecule has 36 heavy (non-hydrogen) atoms. The lowest BCUT2D eigenvalue weighted by atomic mass is 10.1. The van der Waals surface area contributed by atoms with E-state index in [1.165, 1.54) is 34.2 Å². The largest absolute Gasteiger partial charge is 0.383 e. The van der Waals surface area contributed by atoms with Crippen molar-refractivity contribution in [2.75, 3.05) is 44.0 Å². The highest BCUT2D eigenvalue weighted by Gasteiger charge is 2.30. The number of nitrogens with zero attached hydrogens (tertiary/aromatic N) is 3. The smallest absolute Gasteiger partial charge is 0.330 e. The lowest BCUT2D eigenvalue weighted by molar-refractivity contribution is 0.0975. The Kier molecular flexibility index (Phi) is 8.98. The van der Waals surface area contributed by atoms with E-state index >= 15 is 0 Å². The maximum absolute atomic E-state index is 13.7. The summed E-state index contributed by atoms with van der Waals surface area (Å²) in [5.74, 6) is -0.909. The van der Waals surface area contributed by atoms with Gasteiger partial charge in [0.15, 0.2) is 5.69 Å². The number of nitrogen functional groups attached to an aromatic ring is 1. The van der Waals surface area contributed by atoms with Crippen molar-refractivity contribution in [1.29, 1.82) is 0 Å². The second-order valence-corrected chi connectivity index (χ2v) is 11.4. The minimum Gasteiger partial charge on any atom is -0.383 e. The maximum atomic E-state index is 13.7. The second-order valence-electron chi connectivity index (χ2n) is 9.05. The third kappa shape index (κ3) is 5.83. The van der Waals surface area contributed by atoms with Crippen LogP contribution in [0.3, 0.4) is 0 Å². The Morgan fingerprint density at radius 1 is 1.22 bits per heavy atom. The van der Waals surface area contributed by atoms with Crippen LogP contribution in [0, 0.1) is 5.92 Å². The first-order valence-corrected chi connectivity index (χ1v) is 13.5. The first-order chi connectivity index (χ1) is 17.0. The van der Waals surface area contributed by atoms with Crippen LogP contribution in [0.4, 0.5) is 11.5 Å². The van der Waals surface area contributed by atoms with E-state index < -0.39 is 27.2 Å². The van der Waals surface area contributed by atoms with Crippen LogP contribution in [0.1, 0.15) is 43.5 Å². The average Bonchev–Trinajstić information content (AvgIpc) is 2.84. The molecule has 1 amide bonds. The van der Waals surface area contributed by atoms with Gasteiger partial charge in [-0.3, -0.25) is 24.0 Å². The van der Waals surface area contributed by atoms with Crippen molar-refractivity contribution in [3.63, 3.8) is 0 Å². The quantitative estimate of drug-likeness (QED) is 0.492. The van der Waals surface area contributed by atoms with Gasteiger partial charge in [0.25, 0.3) is 11.5 Å². The monoisotopic (exact) mass is 541 g/mol. The number of aromatic nitrogens is 2. The van der Waals surface area contributed by atoms with Crippen LogP contribution in [0.15, 0.2) is 32.7 Å². The molecule has 13 heteroatoms. The van der Waals surface area contributed by atoms with Gasteiger partial charge in [-0.1, -0.05) is 31.9 Å². The van der Waals surface area contributed by atoms with Crippen LogP contribution in [-0.2, 0) is 21.3 Å². The summed E-state index contributed by atoms with van der Waals surface area (Å²) < 4.78 is 34.1. The number of H-pyrrole nitrogens is 1. The van der Waals surface area contributed by atoms with Crippen molar-refractivity contribution < 1.29 is 17.9 Å². The highest BCUT2D eigenvalue weighted by Crippen LogP contribution is 2.28. The third-order valence-electron chi connectivity index (χ3n) is 5.92. The van der Waals surface area contributed by atoms with Gasteiger partial charge in [-0.05, 0) is 37.0 Å². The predicted octanol–water partition coefficient (Wildman–Crippen LogP) is 1.90. The SMILES string of the molecule is COCCN(C(=O)c1cc(S(=O)(=O)N2CCCCC2)ccc1Cl)c1c(N)n(CC(C)C)c(=O)[nH]c1=O. The van der Waals surface area contributed by atoms with Gasteiger partial charge < -0.3 is 10.5 Å². The van der Waals surface area contributed by atoms with Crippen molar-refractivity contribution in [2.45, 2.75) is 44.6 Å². The first kappa shape index (κ1) is 27.9. The fraction of sp³-hybridized carbons (Fsp3) is 0.522. The molecule has 1 saturated heterocycles. The maximum Gasteiger partial charge on any atom is 0.330 e. The van der Waals surface area contributed by atoms with E-state index in [0.29, 0.717) is 13.1 Å². The Hall–Kier alpha value is -2.67. The van der Waals surface area contributed by atoms with Crippen LogP contribution >= 0.6 is 11.6 Å². The number of sulfonamides is 1. The minimum atomic E-state index is -3.84. The normalized spacial score (nSPS) is 14.8. The predicted molar refractivity (Wildman–Crippen MR) is 138 cm³/mol. The number of nitrogens with two attached hydrogens (primary N) is 1. The molecule has 2 heterocycles. The Labute approximate surface area is 214 Å². The van der Waals surface area contributed by atoms with Crippen LogP contribution < -0.4 is 21.9 Å². The lowest BCUT2D eigenvalue weighted by Crippen LogP contribution is -2.43. The molecule has 0 radical (unpaired) electrons. The number of carbonyl (C=O) groups is 1. The average molecular weight is 542 g/mol. The number of ether oxygens (including phenoxy) is 1. The number of benzene rings is 1. The zero-order chi connectivity index (χ0) is 26.6. The van der Waals surface area contributed by atoms with Gasteiger partial charge in [-0.15, -0.1) is 0 Å². The molecule has 1 aromatic heterocycles. The Morgan fingerprint density at radius 3 is 2.50 bits per heavy atom. The van der Waals surface area contributed by atoms with E-state index in [2.05, 4.69) is 4.98 Å². The topological polar surface area (TPSA) is 148 Å². The molecule has 198 valence electrons. The van der Waals surface area contributed by atoms with Gasteiger partial charge in [-0.2, -0.15) is 4.31 Å². The summed E-state index contributed by atoms with van der Waals surface area (Å²) >= 11 is 6.34. The summed E-state index contributed by atoms with van der Waals surface area (Å²) in [5, 5.41) is 0.00510. The van der Waals surface area contributed by atoms with E-state index in [1.807, 2.05) is 13.8 Å². The molecule has 0 bridgehead atoms. The first-order valence-electron chi connectivity index (χ1n) is 11.7. The molecule has 1 aromatic carbocycles. The number of amides is 1. The van der Waals surface area contributed by atoms with E-state index in [-0.39, 0.29) is 52.6 Å². The van der Waals surface area contributed by atoms with Crippen molar-refractivity contribution in [3.8, 4) is 0 Å². The zero-order valence-electron chi connectivity index (χ0n) is 20.6. The molecule has 2 aromatic rings. The van der Waals surface area contributed by atoms with Gasteiger partial charge >= 0.3 is 5.69 Å². The summed E-state index contributed by atoms with van der Waals surface area (Å²) in [4.78, 5) is 42.2. The summed E-state index contributed by atoms with van der Waals surface area (Å²) in [6.45, 7) is 4.70. The van der Waals surface area contributed by atoms with E-state index in [4.69, 9.17) is 22.1 Å². The Bertz CT molecular complexity index is 1330. The van der Waals surface area contributed by atoms with E-state index in [0.717, 1.165) is 24.2 Å². The summed E-state index contributed by atoms with van der Waals surface area (Å²) in [5.41, 5.74) is 4.33. The van der Waals surface area contributed by atoms with Crippen molar-refractivity contribution in [2.24, 2.45) is 5.92 Å². The minimum absolute atomic E-state index is 0.00510. The molecule has 1 fully saturated rings. The highest BCUT2D eigenvalue weighted by atomic mass is 35.5. The number of nitrogens with one attached hydrogen (secondary N) is 1. The number of hydrogen-bond donors (Lipinski definition) is 2. The van der Waals surface area contributed by atoms with Gasteiger partial charge in [0.2, 0.25) is 10.0 Å². The number of piperidine rings is 1. The molecule has 0 saturated carbocycles. The molecule has 0 atom stereocenters. The number of hydrogen-bond acceptors (Lipinski definition) is 7. The molecule has 0 spiro atoms. The molecule has 0 aliphatic carbocycles. The van der Waals surface area contributed by atoms with Crippen LogP contribution in [-0.4, -0.2) is 61.5 Å². The number of rotatable bonds is 9. The highest BCUT2D eigenvalue weighted by molar-refractivity contribution is 7.89. The molecule has 11 nitrogen and oxygen atoms in total. The Morgan fingerprint density at radius 2 is 1.89 bits per heavy atom. The lowest BCUT2D eigenvalue weighted by Gasteiger charge is -2.27. The van der Waals surface area contributed by atoms with Crippen molar-refractivity contribution >= 4 is 39.0 Å². The molecular formula is C23H32ClN5O6S. The number of carbonyl (C=O) groups excluding carboxylic acids is 1. The van der Waals surface area contributed by atoms with Crippen molar-refractivity contribution in [3.05, 3.63) is 49.6 Å². The molecule has 1 aliphatic heterocycles. The summed E-state index contributed by atoms with van der Waals surface area (Å²) in [6, 6.07) is 3.91. The van der Waals surface area contributed by atoms with Gasteiger partial charge in [0.1, 0.15) is 5.82 Å². The number of anilines is 2. The van der Waals surface area contributed by atoms with Gasteiger partial charge in [0, 0.05) is 33.3 Å². The molecule has 0 unspecified atom stereocenters. The molecule has 1 aliphatic rings. The molecule has 3 rings (SSSR count). The Balaban J connectivity index is 2.12. The number of methoxy groups -OCH3 is 1. The number of halogens is 1. The molecule has 3 N–H and O–H groups in total. The van der Waals surface area contributed by atoms with Crippen molar-refractivity contribution in [1.82, 2.24) is 13.9 Å². The number of aromatic amines is 1. The standard InChI is InChI=1S/C23H32ClN5O6S/c1-15(2)14-29-20(25)19(21(30)26-23(29)32)28(11-12-35-3)22(31)17-13-16(7-8-18(17)24)36(33,34)27-9-5-4-6-10-27/h7-8,13,15H,4-6,9-12,14,25H2,1-3H3,(H,26,30,32). The fourth-order valence-corrected chi connectivity index (χ4v) is 5.85. The van der Waals surface area contributed by atoms with E-state index in [9.17, 15) is 22.8 Å². The zero-order valence-corrected chi connectivity index (χ0v) is 22.2. The summed E-state index contributed by atoms with van der Waals surface area (Å²) in [7, 11) is -2.42. The van der Waals surface area contributed by atoms with Crippen LogP contribution in [0.2, 0.25) is 5.02 Å². The van der Waals surface area contributed by atoms with Gasteiger partial charge in [0.05, 0.1) is 22.1 Å². The van der Waals surface area contributed by atoms with Gasteiger partial charge in [-0.25, -0.2) is 13.2 Å². The second kappa shape index (κ2) is 11.6.